The van der Waals surface area contributed by atoms with Crippen molar-refractivity contribution >= 4 is 17.3 Å². The van der Waals surface area contributed by atoms with Gasteiger partial charge in [-0.1, -0.05) is 18.2 Å². The molecule has 144 valence electrons. The highest BCUT2D eigenvalue weighted by molar-refractivity contribution is 5.94. The lowest BCUT2D eigenvalue weighted by Crippen LogP contribution is -2.16. The second-order valence-electron chi connectivity index (χ2n) is 6.26. The lowest BCUT2D eigenvalue weighted by Gasteiger charge is -2.10. The quantitative estimate of drug-likeness (QED) is 0.520. The third-order valence-electron chi connectivity index (χ3n) is 4.45. The maximum absolute atomic E-state index is 12.6. The van der Waals surface area contributed by atoms with Crippen molar-refractivity contribution in [1.82, 2.24) is 9.78 Å². The number of rotatable bonds is 6. The number of aryl methyl sites for hydroxylation is 1. The largest absolute Gasteiger partial charge is 0.495 e. The van der Waals surface area contributed by atoms with Gasteiger partial charge in [-0.05, 0) is 32.0 Å². The van der Waals surface area contributed by atoms with Gasteiger partial charge in [0.25, 0.3) is 5.69 Å². The summed E-state index contributed by atoms with van der Waals surface area (Å²) in [6.45, 7) is 3.76. The number of para-hydroxylation sites is 1. The molecule has 0 saturated heterocycles. The minimum Gasteiger partial charge on any atom is -0.495 e. The van der Waals surface area contributed by atoms with Crippen LogP contribution in [0.5, 0.6) is 5.75 Å². The van der Waals surface area contributed by atoms with Crippen molar-refractivity contribution in [2.24, 2.45) is 0 Å². The molecule has 8 heteroatoms. The highest BCUT2D eigenvalue weighted by Crippen LogP contribution is 2.29. The van der Waals surface area contributed by atoms with E-state index in [0.717, 1.165) is 22.6 Å². The van der Waals surface area contributed by atoms with Gasteiger partial charge in [-0.25, -0.2) is 4.68 Å². The minimum absolute atomic E-state index is 0.0936. The molecule has 28 heavy (non-hydrogen) atoms. The lowest BCUT2D eigenvalue weighted by molar-refractivity contribution is -0.384. The van der Waals surface area contributed by atoms with Gasteiger partial charge in [0.05, 0.1) is 35.5 Å². The number of aromatic nitrogens is 2. The van der Waals surface area contributed by atoms with Crippen LogP contribution in [0.1, 0.15) is 17.0 Å². The van der Waals surface area contributed by atoms with Gasteiger partial charge < -0.3 is 10.1 Å². The molecule has 0 atom stereocenters. The summed E-state index contributed by atoms with van der Waals surface area (Å²) < 4.78 is 6.98. The molecule has 1 heterocycles. The first-order valence-corrected chi connectivity index (χ1v) is 8.63. The summed E-state index contributed by atoms with van der Waals surface area (Å²) in [5, 5.41) is 18.2. The van der Waals surface area contributed by atoms with Crippen molar-refractivity contribution in [3.63, 3.8) is 0 Å². The van der Waals surface area contributed by atoms with Crippen molar-refractivity contribution in [2.45, 2.75) is 20.3 Å². The van der Waals surface area contributed by atoms with Crippen LogP contribution in [0.4, 0.5) is 11.4 Å². The topological polar surface area (TPSA) is 99.3 Å². The van der Waals surface area contributed by atoms with Crippen LogP contribution < -0.4 is 10.1 Å². The Morgan fingerprint density at radius 3 is 2.57 bits per heavy atom. The average molecular weight is 380 g/mol. The number of hydrogen-bond acceptors (Lipinski definition) is 5. The number of anilines is 1. The predicted molar refractivity (Wildman–Crippen MR) is 105 cm³/mol. The maximum Gasteiger partial charge on any atom is 0.271 e. The van der Waals surface area contributed by atoms with Gasteiger partial charge in [-0.15, -0.1) is 0 Å². The first-order chi connectivity index (χ1) is 13.4. The average Bonchev–Trinajstić information content (AvgIpc) is 2.96. The first kappa shape index (κ1) is 19.1. The van der Waals surface area contributed by atoms with E-state index in [2.05, 4.69) is 10.4 Å². The van der Waals surface area contributed by atoms with Gasteiger partial charge in [0.1, 0.15) is 5.75 Å². The van der Waals surface area contributed by atoms with Gasteiger partial charge in [0, 0.05) is 23.4 Å². The summed E-state index contributed by atoms with van der Waals surface area (Å²) in [5.74, 6) is 0.0463. The van der Waals surface area contributed by atoms with Gasteiger partial charge in [-0.2, -0.15) is 5.10 Å². The number of methoxy groups -OCH3 is 1. The normalized spacial score (nSPS) is 10.5. The number of hydrogen-bond donors (Lipinski definition) is 1. The zero-order chi connectivity index (χ0) is 20.3. The molecular formula is C20H20N4O4. The van der Waals surface area contributed by atoms with Crippen molar-refractivity contribution in [3.8, 4) is 11.4 Å². The van der Waals surface area contributed by atoms with Crippen LogP contribution in [-0.2, 0) is 11.2 Å². The summed E-state index contributed by atoms with van der Waals surface area (Å²) in [7, 11) is 1.44. The van der Waals surface area contributed by atoms with Crippen molar-refractivity contribution in [2.75, 3.05) is 12.4 Å². The molecule has 8 nitrogen and oxygen atoms in total. The number of nitro groups is 1. The molecule has 0 radical (unpaired) electrons. The minimum atomic E-state index is -0.521. The Kier molecular flexibility index (Phi) is 5.39. The number of carbonyl (C=O) groups is 1. The Morgan fingerprint density at radius 2 is 1.93 bits per heavy atom. The fourth-order valence-corrected chi connectivity index (χ4v) is 3.01. The molecule has 0 aliphatic heterocycles. The third-order valence-corrected chi connectivity index (χ3v) is 4.45. The number of ether oxygens (including phenoxy) is 1. The molecule has 1 aromatic heterocycles. The SMILES string of the molecule is COc1ccc([N+](=O)[O-])cc1NC(=O)Cc1c(C)nn(-c2ccccc2)c1C. The van der Waals surface area contributed by atoms with E-state index in [9.17, 15) is 14.9 Å². The van der Waals surface area contributed by atoms with Crippen LogP contribution in [0.15, 0.2) is 48.5 Å². The molecule has 2 aromatic carbocycles. The number of nitro benzene ring substituents is 1. The fourth-order valence-electron chi connectivity index (χ4n) is 3.01. The lowest BCUT2D eigenvalue weighted by atomic mass is 10.1. The molecular weight excluding hydrogens is 360 g/mol. The Bertz CT molecular complexity index is 1030. The number of amides is 1. The van der Waals surface area contributed by atoms with E-state index in [1.54, 1.807) is 4.68 Å². The van der Waals surface area contributed by atoms with E-state index in [4.69, 9.17) is 4.74 Å². The summed E-state index contributed by atoms with van der Waals surface area (Å²) in [4.78, 5) is 23.1. The molecule has 0 saturated carbocycles. The monoisotopic (exact) mass is 380 g/mol. The number of non-ortho nitro benzene ring substituents is 1. The number of nitrogens with zero attached hydrogens (tertiary/aromatic N) is 3. The fraction of sp³-hybridized carbons (Fsp3) is 0.200. The highest BCUT2D eigenvalue weighted by Gasteiger charge is 2.18. The van der Waals surface area contributed by atoms with Gasteiger partial charge >= 0.3 is 0 Å². The molecule has 0 aliphatic rings. The number of nitrogens with one attached hydrogen (secondary N) is 1. The number of carbonyl (C=O) groups excluding carboxylic acids is 1. The van der Waals surface area contributed by atoms with Crippen LogP contribution >= 0.6 is 0 Å². The standard InChI is InChI=1S/C20H20N4O4/c1-13-17(14(2)23(22-13)15-7-5-4-6-8-15)12-20(25)21-18-11-16(24(26)27)9-10-19(18)28-3/h4-11H,12H2,1-3H3,(H,21,25). The predicted octanol–water partition coefficient (Wildman–Crippen LogP) is 3.59. The van der Waals surface area contributed by atoms with Crippen LogP contribution in [0, 0.1) is 24.0 Å². The highest BCUT2D eigenvalue weighted by atomic mass is 16.6. The van der Waals surface area contributed by atoms with E-state index in [0.29, 0.717) is 5.75 Å². The van der Waals surface area contributed by atoms with Crippen molar-refractivity contribution in [3.05, 3.63) is 75.6 Å². The van der Waals surface area contributed by atoms with Gasteiger partial charge in [0.15, 0.2) is 0 Å². The van der Waals surface area contributed by atoms with Gasteiger partial charge in [-0.3, -0.25) is 14.9 Å². The van der Waals surface area contributed by atoms with Crippen molar-refractivity contribution in [1.29, 1.82) is 0 Å². The van der Waals surface area contributed by atoms with E-state index in [1.807, 2.05) is 44.2 Å². The molecule has 0 spiro atoms. The van der Waals surface area contributed by atoms with Gasteiger partial charge in [0.2, 0.25) is 5.91 Å². The molecule has 0 bridgehead atoms. The van der Waals surface area contributed by atoms with Crippen LogP contribution in [-0.4, -0.2) is 27.7 Å². The molecule has 0 fully saturated rings. The summed E-state index contributed by atoms with van der Waals surface area (Å²) in [6, 6.07) is 13.7. The Balaban J connectivity index is 1.84. The van der Waals surface area contributed by atoms with Crippen LogP contribution in [0.3, 0.4) is 0 Å². The summed E-state index contributed by atoms with van der Waals surface area (Å²) in [6.07, 6.45) is 0.0936. The van der Waals surface area contributed by atoms with E-state index in [1.165, 1.54) is 25.3 Å². The second kappa shape index (κ2) is 7.91. The molecule has 0 unspecified atom stereocenters. The van der Waals surface area contributed by atoms with Crippen molar-refractivity contribution < 1.29 is 14.5 Å². The van der Waals surface area contributed by atoms with E-state index < -0.39 is 4.92 Å². The Morgan fingerprint density at radius 1 is 1.21 bits per heavy atom. The Hall–Kier alpha value is -3.68. The Labute approximate surface area is 161 Å². The molecule has 1 amide bonds. The molecule has 3 aromatic rings. The maximum atomic E-state index is 12.6. The summed E-state index contributed by atoms with van der Waals surface area (Å²) >= 11 is 0. The summed E-state index contributed by atoms with van der Waals surface area (Å²) in [5.41, 5.74) is 3.47. The first-order valence-electron chi connectivity index (χ1n) is 8.63. The van der Waals surface area contributed by atoms with E-state index >= 15 is 0 Å². The smallest absolute Gasteiger partial charge is 0.271 e. The second-order valence-corrected chi connectivity index (χ2v) is 6.26. The number of benzene rings is 2. The van der Waals surface area contributed by atoms with E-state index in [-0.39, 0.29) is 23.7 Å². The van der Waals surface area contributed by atoms with Crippen LogP contribution in [0.2, 0.25) is 0 Å². The third kappa shape index (κ3) is 3.85. The van der Waals surface area contributed by atoms with Crippen LogP contribution in [0.25, 0.3) is 5.69 Å². The molecule has 0 aliphatic carbocycles. The molecule has 1 N–H and O–H groups in total. The zero-order valence-corrected chi connectivity index (χ0v) is 15.8. The molecule has 3 rings (SSSR count). The zero-order valence-electron chi connectivity index (χ0n) is 15.8.